The molecular formula is C57H58N3OPt-. The number of phenolic OH excluding ortho intramolecular Hbond substituents is 1. The first-order valence-corrected chi connectivity index (χ1v) is 20.7. The summed E-state index contributed by atoms with van der Waals surface area (Å²) < 4.78 is 77.3. The number of pyridine rings is 1. The van der Waals surface area contributed by atoms with Crippen LogP contribution in [0.15, 0.2) is 128 Å². The van der Waals surface area contributed by atoms with Gasteiger partial charge in [-0.1, -0.05) is 175 Å². The SMILES string of the molecule is [2H]C([2H])([2H])c1cc(-c2ccnc(-c3[c-]c(-c4cccc5c4nc(-c4cc(C(C)(C)C)cc(C(C)(C)C)c4O)n5-c4ccc(C(C)(C)C)cc4C([2H])([2H])[2H])cc(-c4ccccc4)c3)c2)cc(C([2H])([2H])[2H])c1.[Pt]. The van der Waals surface area contributed by atoms with Crippen LogP contribution in [0.5, 0.6) is 5.75 Å². The Kier molecular flexibility index (Phi) is 9.10. The van der Waals surface area contributed by atoms with Gasteiger partial charge in [-0.05, 0) is 94.4 Å². The summed E-state index contributed by atoms with van der Waals surface area (Å²) in [6.45, 7) is 11.1. The molecule has 6 aromatic carbocycles. The van der Waals surface area contributed by atoms with Crippen LogP contribution in [0.1, 0.15) is 108 Å². The zero-order valence-corrected chi connectivity index (χ0v) is 39.0. The fraction of sp³-hybridized carbons (Fsp3) is 0.263. The van der Waals surface area contributed by atoms with E-state index in [0.29, 0.717) is 61.6 Å². The minimum atomic E-state index is -2.54. The summed E-state index contributed by atoms with van der Waals surface area (Å²) in [5.74, 6) is 0.427. The van der Waals surface area contributed by atoms with Crippen molar-refractivity contribution in [3.05, 3.63) is 167 Å². The molecule has 318 valence electrons. The number of aryl methyl sites for hydroxylation is 3. The molecule has 0 amide bonds. The number of rotatable bonds is 6. The average molecular weight is 1010 g/mol. The van der Waals surface area contributed by atoms with E-state index >= 15 is 0 Å². The van der Waals surface area contributed by atoms with E-state index in [1.807, 2.05) is 110 Å². The Morgan fingerprint density at radius 3 is 1.94 bits per heavy atom. The molecule has 0 atom stereocenters. The van der Waals surface area contributed by atoms with Gasteiger partial charge < -0.3 is 5.11 Å². The molecule has 5 heteroatoms. The molecule has 2 aromatic heterocycles. The summed E-state index contributed by atoms with van der Waals surface area (Å²) in [7, 11) is 0. The molecule has 0 aliphatic carbocycles. The molecule has 0 aliphatic rings. The summed E-state index contributed by atoms with van der Waals surface area (Å²) in [6, 6.07) is 40.6. The number of benzene rings is 6. The second kappa shape index (κ2) is 16.6. The van der Waals surface area contributed by atoms with Crippen molar-refractivity contribution in [1.82, 2.24) is 14.5 Å². The van der Waals surface area contributed by atoms with Crippen LogP contribution in [-0.2, 0) is 37.3 Å². The number of para-hydroxylation sites is 1. The van der Waals surface area contributed by atoms with Crippen LogP contribution >= 0.6 is 0 Å². The molecule has 8 rings (SSSR count). The minimum absolute atomic E-state index is 0. The Labute approximate surface area is 396 Å². The summed E-state index contributed by atoms with van der Waals surface area (Å²) in [6.07, 6.45) is 1.61. The summed E-state index contributed by atoms with van der Waals surface area (Å²) >= 11 is 0. The number of nitrogens with zero attached hydrogens (tertiary/aromatic N) is 3. The first-order valence-electron chi connectivity index (χ1n) is 25.2. The number of hydrogen-bond donors (Lipinski definition) is 1. The Hall–Kier alpha value is -5.57. The second-order valence-electron chi connectivity index (χ2n) is 19.1. The number of fused-ring (bicyclic) bond motifs is 1. The standard InChI is InChI=1S/C57H58N3O.Pt/c1-35-25-36(2)27-40(26-35)39-23-24-58-49(32-39)43-30-41(38-17-14-13-15-18-38)29-42(31-43)46-19-16-20-51-52(46)59-54(60(51)50-22-21-44(28-37(50)3)55(4,5)6)47-33-45(56(7,8)9)34-48(53(47)61)57(10,11)12;/h13-30,32-34,61H,1-12H3;/q-1;/i1D3,2D3,3D3;. The van der Waals surface area contributed by atoms with Gasteiger partial charge in [0, 0.05) is 50.9 Å². The van der Waals surface area contributed by atoms with Crippen LogP contribution < -0.4 is 0 Å². The molecule has 4 nitrogen and oxygen atoms in total. The molecule has 0 aliphatic heterocycles. The smallest absolute Gasteiger partial charge is 0.148 e. The third-order valence-electron chi connectivity index (χ3n) is 11.4. The topological polar surface area (TPSA) is 50.9 Å². The van der Waals surface area contributed by atoms with E-state index < -0.39 is 26.0 Å². The molecule has 0 spiro atoms. The van der Waals surface area contributed by atoms with Gasteiger partial charge in [0.2, 0.25) is 0 Å². The van der Waals surface area contributed by atoms with Crippen LogP contribution in [0, 0.1) is 26.6 Å². The van der Waals surface area contributed by atoms with Crippen LogP contribution in [0.25, 0.3) is 72.7 Å². The van der Waals surface area contributed by atoms with Gasteiger partial charge in [0.25, 0.3) is 0 Å². The van der Waals surface area contributed by atoms with Crippen molar-refractivity contribution < 1.29 is 38.5 Å². The molecule has 0 fully saturated rings. The van der Waals surface area contributed by atoms with Crippen LogP contribution in [0.3, 0.4) is 0 Å². The minimum Gasteiger partial charge on any atom is -0.507 e. The molecule has 2 heterocycles. The summed E-state index contributed by atoms with van der Waals surface area (Å²) in [5.41, 5.74) is 8.65. The van der Waals surface area contributed by atoms with Gasteiger partial charge >= 0.3 is 0 Å². The van der Waals surface area contributed by atoms with Crippen molar-refractivity contribution in [1.29, 1.82) is 0 Å². The monoisotopic (exact) mass is 1000 g/mol. The molecule has 0 unspecified atom stereocenters. The second-order valence-corrected chi connectivity index (χ2v) is 19.1. The molecule has 0 saturated heterocycles. The number of hydrogen-bond acceptors (Lipinski definition) is 3. The van der Waals surface area contributed by atoms with Crippen molar-refractivity contribution in [3.63, 3.8) is 0 Å². The Bertz CT molecular complexity index is 3260. The van der Waals surface area contributed by atoms with Gasteiger partial charge in [-0.15, -0.1) is 23.8 Å². The van der Waals surface area contributed by atoms with E-state index in [0.717, 1.165) is 27.8 Å². The Morgan fingerprint density at radius 2 is 1.27 bits per heavy atom. The van der Waals surface area contributed by atoms with Gasteiger partial charge in [-0.25, -0.2) is 4.98 Å². The zero-order chi connectivity index (χ0) is 51.1. The maximum absolute atomic E-state index is 12.4. The summed E-state index contributed by atoms with van der Waals surface area (Å²) in [5, 5.41) is 12.4. The van der Waals surface area contributed by atoms with Crippen molar-refractivity contribution in [2.24, 2.45) is 0 Å². The van der Waals surface area contributed by atoms with E-state index in [1.165, 1.54) is 18.2 Å². The van der Waals surface area contributed by atoms with Crippen molar-refractivity contribution >= 4 is 11.0 Å². The quantitative estimate of drug-likeness (QED) is 0.169. The fourth-order valence-electron chi connectivity index (χ4n) is 7.95. The van der Waals surface area contributed by atoms with E-state index in [1.54, 1.807) is 24.4 Å². The van der Waals surface area contributed by atoms with Crippen molar-refractivity contribution in [2.45, 2.75) is 99.1 Å². The molecule has 0 radical (unpaired) electrons. The zero-order valence-electron chi connectivity index (χ0n) is 45.7. The van der Waals surface area contributed by atoms with E-state index in [2.05, 4.69) is 47.6 Å². The van der Waals surface area contributed by atoms with Gasteiger partial charge in [-0.2, -0.15) is 0 Å². The van der Waals surface area contributed by atoms with Crippen LogP contribution in [0.2, 0.25) is 0 Å². The summed E-state index contributed by atoms with van der Waals surface area (Å²) in [4.78, 5) is 10.2. The maximum atomic E-state index is 12.4. The van der Waals surface area contributed by atoms with Crippen LogP contribution in [0.4, 0.5) is 0 Å². The van der Waals surface area contributed by atoms with Gasteiger partial charge in [0.05, 0.1) is 22.3 Å². The third-order valence-corrected chi connectivity index (χ3v) is 11.4. The largest absolute Gasteiger partial charge is 0.507 e. The molecule has 0 saturated carbocycles. The van der Waals surface area contributed by atoms with Crippen molar-refractivity contribution in [3.8, 4) is 67.5 Å². The van der Waals surface area contributed by atoms with E-state index in [9.17, 15) is 5.11 Å². The molecule has 8 aromatic rings. The van der Waals surface area contributed by atoms with Gasteiger partial charge in [0.1, 0.15) is 11.6 Å². The molecule has 0 bridgehead atoms. The number of imidazole rings is 1. The van der Waals surface area contributed by atoms with Crippen molar-refractivity contribution in [2.75, 3.05) is 0 Å². The molecule has 62 heavy (non-hydrogen) atoms. The van der Waals surface area contributed by atoms with E-state index in [-0.39, 0.29) is 54.3 Å². The number of phenols is 1. The molecular weight excluding hydrogens is 938 g/mol. The van der Waals surface area contributed by atoms with Crippen LogP contribution in [-0.4, -0.2) is 19.6 Å². The predicted octanol–water partition coefficient (Wildman–Crippen LogP) is 15.1. The van der Waals surface area contributed by atoms with Gasteiger partial charge in [-0.3, -0.25) is 9.55 Å². The third kappa shape index (κ3) is 8.73. The fourth-order valence-corrected chi connectivity index (χ4v) is 7.95. The van der Waals surface area contributed by atoms with Gasteiger partial charge in [0.15, 0.2) is 0 Å². The predicted molar refractivity (Wildman–Crippen MR) is 257 cm³/mol. The number of aromatic nitrogens is 3. The first-order chi connectivity index (χ1) is 32.4. The maximum Gasteiger partial charge on any atom is 0.148 e. The average Bonchev–Trinajstić information content (AvgIpc) is 3.66. The van der Waals surface area contributed by atoms with E-state index in [4.69, 9.17) is 22.3 Å². The first kappa shape index (κ1) is 34.0. The normalized spacial score (nSPS) is 14.9. The Balaban J connectivity index is 0.00000741. The molecule has 1 N–H and O–H groups in total. The number of aromatic hydroxyl groups is 1. The Morgan fingerprint density at radius 1 is 0.581 bits per heavy atom.